The smallest absolute Gasteiger partial charge is 0.101 e. The lowest BCUT2D eigenvalue weighted by molar-refractivity contribution is 0.179. The number of hydrogen-bond acceptors (Lipinski definition) is 5. The lowest BCUT2D eigenvalue weighted by Crippen LogP contribution is -2.23. The number of nitrogens with one attached hydrogen (secondary N) is 1. The first-order chi connectivity index (χ1) is 7.84. The maximum atomic E-state index is 9.76. The molecule has 0 amide bonds. The van der Waals surface area contributed by atoms with Crippen LogP contribution >= 0.6 is 23.1 Å². The van der Waals surface area contributed by atoms with Gasteiger partial charge in [-0.2, -0.15) is 11.8 Å². The Bertz CT molecular complexity index is 254. The molecular formula is C11H19NO2S2. The highest BCUT2D eigenvalue weighted by molar-refractivity contribution is 7.99. The van der Waals surface area contributed by atoms with Crippen molar-refractivity contribution in [1.82, 2.24) is 5.32 Å². The Morgan fingerprint density at radius 3 is 3.00 bits per heavy atom. The number of rotatable bonds is 9. The molecule has 1 atom stereocenters. The van der Waals surface area contributed by atoms with Gasteiger partial charge in [0.2, 0.25) is 0 Å². The van der Waals surface area contributed by atoms with Crippen molar-refractivity contribution in [3.63, 3.8) is 0 Å². The molecule has 0 aliphatic heterocycles. The van der Waals surface area contributed by atoms with Crippen molar-refractivity contribution in [3.8, 4) is 0 Å². The second kappa shape index (κ2) is 9.01. The van der Waals surface area contributed by atoms with E-state index in [-0.39, 0.29) is 12.7 Å². The lowest BCUT2D eigenvalue weighted by atomic mass is 10.3. The second-order valence-electron chi connectivity index (χ2n) is 3.42. The maximum Gasteiger partial charge on any atom is 0.101 e. The van der Waals surface area contributed by atoms with Crippen molar-refractivity contribution in [2.75, 3.05) is 31.2 Å². The molecule has 0 bridgehead atoms. The van der Waals surface area contributed by atoms with E-state index in [0.717, 1.165) is 29.3 Å². The van der Waals surface area contributed by atoms with Gasteiger partial charge in [-0.15, -0.1) is 11.3 Å². The summed E-state index contributed by atoms with van der Waals surface area (Å²) in [7, 11) is 0. The van der Waals surface area contributed by atoms with Gasteiger partial charge in [0.05, 0.1) is 0 Å². The molecule has 3 N–H and O–H groups in total. The fourth-order valence-electron chi connectivity index (χ4n) is 1.23. The van der Waals surface area contributed by atoms with Gasteiger partial charge in [0.25, 0.3) is 0 Å². The molecule has 1 rings (SSSR count). The van der Waals surface area contributed by atoms with Gasteiger partial charge in [0.15, 0.2) is 0 Å². The highest BCUT2D eigenvalue weighted by Crippen LogP contribution is 2.17. The quantitative estimate of drug-likeness (QED) is 0.590. The molecule has 0 radical (unpaired) electrons. The van der Waals surface area contributed by atoms with Crippen molar-refractivity contribution in [2.24, 2.45) is 0 Å². The lowest BCUT2D eigenvalue weighted by Gasteiger charge is -2.09. The van der Waals surface area contributed by atoms with Crippen molar-refractivity contribution in [1.29, 1.82) is 0 Å². The van der Waals surface area contributed by atoms with Crippen molar-refractivity contribution >= 4 is 23.1 Å². The first-order valence-electron chi connectivity index (χ1n) is 5.45. The standard InChI is InChI=1S/C11H19NO2S2/c13-5-2-6-15-8-4-12-9-10(14)11-3-1-7-16-11/h1,3,7,10,12-14H,2,4-6,8-9H2. The van der Waals surface area contributed by atoms with Crippen LogP contribution in [-0.4, -0.2) is 41.4 Å². The van der Waals surface area contributed by atoms with Crippen LogP contribution in [0.2, 0.25) is 0 Å². The fraction of sp³-hybridized carbons (Fsp3) is 0.636. The largest absolute Gasteiger partial charge is 0.396 e. The third-order valence-corrected chi connectivity index (χ3v) is 4.12. The number of hydrogen-bond donors (Lipinski definition) is 3. The molecule has 0 saturated carbocycles. The van der Waals surface area contributed by atoms with E-state index in [0.29, 0.717) is 6.54 Å². The summed E-state index contributed by atoms with van der Waals surface area (Å²) >= 11 is 3.41. The zero-order valence-corrected chi connectivity index (χ0v) is 10.9. The van der Waals surface area contributed by atoms with Gasteiger partial charge < -0.3 is 15.5 Å². The Balaban J connectivity index is 1.95. The molecule has 1 aromatic heterocycles. The summed E-state index contributed by atoms with van der Waals surface area (Å²) in [6.07, 6.45) is 0.477. The van der Waals surface area contributed by atoms with Gasteiger partial charge >= 0.3 is 0 Å². The van der Waals surface area contributed by atoms with Crippen LogP contribution in [0, 0.1) is 0 Å². The van der Waals surface area contributed by atoms with Gasteiger partial charge in [-0.3, -0.25) is 0 Å². The van der Waals surface area contributed by atoms with E-state index in [1.807, 2.05) is 29.3 Å². The predicted octanol–water partition coefficient (Wildman–Crippen LogP) is 1.49. The third kappa shape index (κ3) is 5.86. The molecule has 0 spiro atoms. The summed E-state index contributed by atoms with van der Waals surface area (Å²) < 4.78 is 0. The Labute approximate surface area is 105 Å². The van der Waals surface area contributed by atoms with Crippen LogP contribution in [0.5, 0.6) is 0 Å². The maximum absolute atomic E-state index is 9.76. The molecule has 5 heteroatoms. The minimum absolute atomic E-state index is 0.275. The third-order valence-electron chi connectivity index (χ3n) is 2.08. The van der Waals surface area contributed by atoms with E-state index >= 15 is 0 Å². The molecule has 1 aromatic rings. The van der Waals surface area contributed by atoms with Crippen LogP contribution in [0.15, 0.2) is 17.5 Å². The molecule has 3 nitrogen and oxygen atoms in total. The molecule has 92 valence electrons. The monoisotopic (exact) mass is 261 g/mol. The molecular weight excluding hydrogens is 242 g/mol. The molecule has 16 heavy (non-hydrogen) atoms. The molecule has 0 aromatic carbocycles. The first-order valence-corrected chi connectivity index (χ1v) is 7.49. The second-order valence-corrected chi connectivity index (χ2v) is 5.63. The van der Waals surface area contributed by atoms with E-state index in [1.165, 1.54) is 0 Å². The predicted molar refractivity (Wildman–Crippen MR) is 71.2 cm³/mol. The van der Waals surface area contributed by atoms with Crippen LogP contribution in [-0.2, 0) is 0 Å². The summed E-state index contributed by atoms with van der Waals surface area (Å²) in [6, 6.07) is 3.90. The van der Waals surface area contributed by atoms with Gasteiger partial charge in [0, 0.05) is 30.3 Å². The van der Waals surface area contributed by atoms with Gasteiger partial charge in [-0.05, 0) is 23.6 Å². The minimum Gasteiger partial charge on any atom is -0.396 e. The highest BCUT2D eigenvalue weighted by atomic mass is 32.2. The Morgan fingerprint density at radius 1 is 1.44 bits per heavy atom. The van der Waals surface area contributed by atoms with Crippen LogP contribution in [0.25, 0.3) is 0 Å². The molecule has 0 aliphatic carbocycles. The molecule has 0 aliphatic rings. The van der Waals surface area contributed by atoms with E-state index < -0.39 is 0 Å². The molecule has 0 fully saturated rings. The number of thiophene rings is 1. The van der Waals surface area contributed by atoms with Crippen LogP contribution in [0.4, 0.5) is 0 Å². The van der Waals surface area contributed by atoms with Gasteiger partial charge in [-0.1, -0.05) is 6.07 Å². The summed E-state index contributed by atoms with van der Waals surface area (Å²) in [5.74, 6) is 2.03. The SMILES string of the molecule is OCCCSCCNCC(O)c1cccs1. The van der Waals surface area contributed by atoms with E-state index in [9.17, 15) is 5.11 Å². The average Bonchev–Trinajstić information content (AvgIpc) is 2.81. The van der Waals surface area contributed by atoms with Crippen molar-refractivity contribution in [2.45, 2.75) is 12.5 Å². The Hall–Kier alpha value is -0.0700. The van der Waals surface area contributed by atoms with E-state index in [2.05, 4.69) is 5.32 Å². The van der Waals surface area contributed by atoms with Crippen LogP contribution < -0.4 is 5.32 Å². The van der Waals surface area contributed by atoms with Crippen molar-refractivity contribution in [3.05, 3.63) is 22.4 Å². The Morgan fingerprint density at radius 2 is 2.31 bits per heavy atom. The summed E-state index contributed by atoms with van der Waals surface area (Å²) in [5, 5.41) is 23.5. The normalized spacial score (nSPS) is 12.9. The zero-order chi connectivity index (χ0) is 11.6. The Kier molecular flexibility index (Phi) is 7.88. The number of aliphatic hydroxyl groups is 2. The van der Waals surface area contributed by atoms with E-state index in [4.69, 9.17) is 5.11 Å². The molecule has 1 unspecified atom stereocenters. The highest BCUT2D eigenvalue weighted by Gasteiger charge is 2.06. The fourth-order valence-corrected chi connectivity index (χ4v) is 2.77. The summed E-state index contributed by atoms with van der Waals surface area (Å²) in [6.45, 7) is 1.79. The summed E-state index contributed by atoms with van der Waals surface area (Å²) in [5.41, 5.74) is 0. The minimum atomic E-state index is -0.387. The van der Waals surface area contributed by atoms with Gasteiger partial charge in [0.1, 0.15) is 6.10 Å². The molecule has 0 saturated heterocycles. The molecule has 1 heterocycles. The van der Waals surface area contributed by atoms with Gasteiger partial charge in [-0.25, -0.2) is 0 Å². The number of aliphatic hydroxyl groups excluding tert-OH is 2. The van der Waals surface area contributed by atoms with Crippen LogP contribution in [0.3, 0.4) is 0 Å². The number of thioether (sulfide) groups is 1. The average molecular weight is 261 g/mol. The van der Waals surface area contributed by atoms with Crippen molar-refractivity contribution < 1.29 is 10.2 Å². The zero-order valence-electron chi connectivity index (χ0n) is 9.26. The topological polar surface area (TPSA) is 52.5 Å². The summed E-state index contributed by atoms with van der Waals surface area (Å²) in [4.78, 5) is 1.01. The van der Waals surface area contributed by atoms with Crippen LogP contribution in [0.1, 0.15) is 17.4 Å². The first kappa shape index (κ1) is 14.0. The van der Waals surface area contributed by atoms with E-state index in [1.54, 1.807) is 11.3 Å².